The summed E-state index contributed by atoms with van der Waals surface area (Å²) in [6, 6.07) is 7.67. The van der Waals surface area contributed by atoms with E-state index in [9.17, 15) is 4.79 Å². The molecule has 1 aromatic carbocycles. The second kappa shape index (κ2) is 7.97. The van der Waals surface area contributed by atoms with Gasteiger partial charge in [0.2, 0.25) is 5.91 Å². The number of hydrogen-bond donors (Lipinski definition) is 2. The molecule has 2 atom stereocenters. The highest BCUT2D eigenvalue weighted by Gasteiger charge is 2.25. The smallest absolute Gasteiger partial charge is 0.227 e. The van der Waals surface area contributed by atoms with Crippen LogP contribution in [0.4, 0.5) is 5.69 Å². The van der Waals surface area contributed by atoms with Crippen LogP contribution in [0.2, 0.25) is 0 Å². The third-order valence-electron chi connectivity index (χ3n) is 4.40. The Bertz CT molecular complexity index is 657. The van der Waals surface area contributed by atoms with Crippen LogP contribution in [0.1, 0.15) is 25.7 Å². The molecule has 0 saturated heterocycles. The van der Waals surface area contributed by atoms with Crippen molar-refractivity contribution in [2.24, 2.45) is 11.7 Å². The summed E-state index contributed by atoms with van der Waals surface area (Å²) in [5.74, 6) is 0.717. The number of aromatic nitrogens is 2. The molecule has 1 heterocycles. The van der Waals surface area contributed by atoms with Gasteiger partial charge in [-0.25, -0.2) is 4.98 Å². The van der Waals surface area contributed by atoms with Crippen LogP contribution in [0.15, 0.2) is 43.0 Å². The number of hydrogen-bond acceptors (Lipinski definition) is 4. The molecule has 6 nitrogen and oxygen atoms in total. The molecule has 0 bridgehead atoms. The van der Waals surface area contributed by atoms with Crippen LogP contribution < -0.4 is 15.8 Å². The lowest BCUT2D eigenvalue weighted by atomic mass is 9.85. The summed E-state index contributed by atoms with van der Waals surface area (Å²) in [7, 11) is 0. The zero-order valence-corrected chi connectivity index (χ0v) is 13.7. The van der Waals surface area contributed by atoms with Crippen molar-refractivity contribution in [1.82, 2.24) is 9.55 Å². The van der Waals surface area contributed by atoms with Crippen LogP contribution in [0.5, 0.6) is 5.75 Å². The molecule has 2 aromatic rings. The number of para-hydroxylation sites is 2. The van der Waals surface area contributed by atoms with Crippen LogP contribution in [-0.2, 0) is 11.3 Å². The molecule has 6 heteroatoms. The number of ether oxygens (including phenoxy) is 1. The molecule has 0 aliphatic heterocycles. The Balaban J connectivity index is 1.57. The summed E-state index contributed by atoms with van der Waals surface area (Å²) in [4.78, 5) is 16.5. The van der Waals surface area contributed by atoms with Crippen molar-refractivity contribution in [2.45, 2.75) is 38.3 Å². The van der Waals surface area contributed by atoms with Crippen molar-refractivity contribution >= 4 is 11.6 Å². The second-order valence-corrected chi connectivity index (χ2v) is 6.26. The molecular formula is C18H24N4O2. The summed E-state index contributed by atoms with van der Waals surface area (Å²) < 4.78 is 7.78. The number of amides is 1. The normalized spacial score (nSPS) is 20.5. The zero-order chi connectivity index (χ0) is 16.8. The molecular weight excluding hydrogens is 304 g/mol. The van der Waals surface area contributed by atoms with E-state index in [0.717, 1.165) is 25.7 Å². The zero-order valence-electron chi connectivity index (χ0n) is 13.7. The van der Waals surface area contributed by atoms with E-state index in [1.807, 2.05) is 35.0 Å². The SMILES string of the molecule is NC1CCCC(C(=O)Nc2ccccc2OCCn2ccnc2)C1. The molecule has 0 spiro atoms. The Morgan fingerprint density at radius 2 is 2.25 bits per heavy atom. The largest absolute Gasteiger partial charge is 0.490 e. The fourth-order valence-electron chi connectivity index (χ4n) is 3.08. The number of imidazole rings is 1. The van der Waals surface area contributed by atoms with Gasteiger partial charge in [0.05, 0.1) is 18.6 Å². The first kappa shape index (κ1) is 16.5. The van der Waals surface area contributed by atoms with Gasteiger partial charge >= 0.3 is 0 Å². The Labute approximate surface area is 142 Å². The van der Waals surface area contributed by atoms with Gasteiger partial charge < -0.3 is 20.4 Å². The van der Waals surface area contributed by atoms with E-state index in [-0.39, 0.29) is 17.9 Å². The third-order valence-corrected chi connectivity index (χ3v) is 4.40. The van der Waals surface area contributed by atoms with Crippen LogP contribution in [-0.4, -0.2) is 28.1 Å². The molecule has 24 heavy (non-hydrogen) atoms. The summed E-state index contributed by atoms with van der Waals surface area (Å²) in [6.07, 6.45) is 9.08. The number of carbonyl (C=O) groups is 1. The minimum Gasteiger partial charge on any atom is -0.490 e. The molecule has 1 aromatic heterocycles. The second-order valence-electron chi connectivity index (χ2n) is 6.26. The Hall–Kier alpha value is -2.34. The average Bonchev–Trinajstić information content (AvgIpc) is 3.10. The summed E-state index contributed by atoms with van der Waals surface area (Å²) in [5, 5.41) is 3.01. The fraction of sp³-hybridized carbons (Fsp3) is 0.444. The van der Waals surface area contributed by atoms with Gasteiger partial charge in [-0.1, -0.05) is 18.6 Å². The molecule has 2 unspecified atom stereocenters. The van der Waals surface area contributed by atoms with Crippen LogP contribution in [0.25, 0.3) is 0 Å². The predicted molar refractivity (Wildman–Crippen MR) is 92.7 cm³/mol. The van der Waals surface area contributed by atoms with Crippen molar-refractivity contribution < 1.29 is 9.53 Å². The highest BCUT2D eigenvalue weighted by atomic mass is 16.5. The van der Waals surface area contributed by atoms with Gasteiger partial charge in [0.15, 0.2) is 0 Å². The van der Waals surface area contributed by atoms with Gasteiger partial charge in [-0.3, -0.25) is 4.79 Å². The van der Waals surface area contributed by atoms with E-state index >= 15 is 0 Å². The molecule has 1 saturated carbocycles. The maximum Gasteiger partial charge on any atom is 0.227 e. The van der Waals surface area contributed by atoms with Gasteiger partial charge in [0, 0.05) is 24.4 Å². The highest BCUT2D eigenvalue weighted by Crippen LogP contribution is 2.28. The Kier molecular flexibility index (Phi) is 5.48. The van der Waals surface area contributed by atoms with Crippen molar-refractivity contribution in [1.29, 1.82) is 0 Å². The Morgan fingerprint density at radius 3 is 3.04 bits per heavy atom. The topological polar surface area (TPSA) is 82.2 Å². The van der Waals surface area contributed by atoms with E-state index in [1.165, 1.54) is 0 Å². The number of anilines is 1. The summed E-state index contributed by atoms with van der Waals surface area (Å²) >= 11 is 0. The van der Waals surface area contributed by atoms with Crippen molar-refractivity contribution in [3.05, 3.63) is 43.0 Å². The Morgan fingerprint density at radius 1 is 1.38 bits per heavy atom. The standard InChI is InChI=1S/C18H24N4O2/c19-15-5-3-4-14(12-15)18(23)21-16-6-1-2-7-17(16)24-11-10-22-9-8-20-13-22/h1-2,6-9,13-15H,3-5,10-12,19H2,(H,21,23). The maximum atomic E-state index is 12.5. The highest BCUT2D eigenvalue weighted by molar-refractivity contribution is 5.94. The van der Waals surface area contributed by atoms with Crippen molar-refractivity contribution in [3.63, 3.8) is 0 Å². The molecule has 0 radical (unpaired) electrons. The van der Waals surface area contributed by atoms with E-state index in [0.29, 0.717) is 24.6 Å². The van der Waals surface area contributed by atoms with Gasteiger partial charge in [-0.2, -0.15) is 0 Å². The number of benzene rings is 1. The van der Waals surface area contributed by atoms with E-state index in [2.05, 4.69) is 10.3 Å². The van der Waals surface area contributed by atoms with Crippen molar-refractivity contribution in [3.8, 4) is 5.75 Å². The first-order valence-corrected chi connectivity index (χ1v) is 8.46. The minimum absolute atomic E-state index is 0.00671. The lowest BCUT2D eigenvalue weighted by Crippen LogP contribution is -2.34. The summed E-state index contributed by atoms with van der Waals surface area (Å²) in [6.45, 7) is 1.22. The van der Waals surface area contributed by atoms with Crippen LogP contribution >= 0.6 is 0 Å². The van der Waals surface area contributed by atoms with Gasteiger partial charge in [-0.05, 0) is 31.4 Å². The van der Waals surface area contributed by atoms with Gasteiger partial charge in [-0.15, -0.1) is 0 Å². The first-order valence-electron chi connectivity index (χ1n) is 8.46. The molecule has 128 valence electrons. The minimum atomic E-state index is -0.00671. The average molecular weight is 328 g/mol. The predicted octanol–water partition coefficient (Wildman–Crippen LogP) is 2.42. The number of nitrogens with zero attached hydrogens (tertiary/aromatic N) is 2. The number of carbonyl (C=O) groups excluding carboxylic acids is 1. The maximum absolute atomic E-state index is 12.5. The number of rotatable bonds is 6. The van der Waals surface area contributed by atoms with E-state index in [1.54, 1.807) is 12.5 Å². The van der Waals surface area contributed by atoms with E-state index < -0.39 is 0 Å². The quantitative estimate of drug-likeness (QED) is 0.853. The summed E-state index contributed by atoms with van der Waals surface area (Å²) in [5.41, 5.74) is 6.70. The number of nitrogens with one attached hydrogen (secondary N) is 1. The van der Waals surface area contributed by atoms with E-state index in [4.69, 9.17) is 10.5 Å². The molecule has 1 aliphatic carbocycles. The van der Waals surface area contributed by atoms with Crippen LogP contribution in [0.3, 0.4) is 0 Å². The monoisotopic (exact) mass is 328 g/mol. The fourth-order valence-corrected chi connectivity index (χ4v) is 3.08. The third kappa shape index (κ3) is 4.35. The lowest BCUT2D eigenvalue weighted by Gasteiger charge is -2.26. The molecule has 3 N–H and O–H groups in total. The molecule has 1 amide bonds. The number of nitrogens with two attached hydrogens (primary N) is 1. The lowest BCUT2D eigenvalue weighted by molar-refractivity contribution is -0.120. The van der Waals surface area contributed by atoms with Crippen molar-refractivity contribution in [2.75, 3.05) is 11.9 Å². The molecule has 1 fully saturated rings. The first-order chi connectivity index (χ1) is 11.7. The van der Waals surface area contributed by atoms with Crippen LogP contribution in [0, 0.1) is 5.92 Å². The molecule has 3 rings (SSSR count). The molecule has 1 aliphatic rings. The van der Waals surface area contributed by atoms with Gasteiger partial charge in [0.25, 0.3) is 0 Å². The van der Waals surface area contributed by atoms with Gasteiger partial charge in [0.1, 0.15) is 12.4 Å².